The van der Waals surface area contributed by atoms with Gasteiger partial charge in [0.2, 0.25) is 0 Å². The van der Waals surface area contributed by atoms with Gasteiger partial charge in [0.05, 0.1) is 33.3 Å². The minimum Gasteiger partial charge on any atom is -0.367 e. The molecule has 0 bridgehead atoms. The molecule has 5 heterocycles. The van der Waals surface area contributed by atoms with Crippen molar-refractivity contribution in [1.29, 1.82) is 0 Å². The van der Waals surface area contributed by atoms with Crippen molar-refractivity contribution in [3.63, 3.8) is 0 Å². The average Bonchev–Trinajstić information content (AvgIpc) is 4.35. The summed E-state index contributed by atoms with van der Waals surface area (Å²) in [5, 5.41) is 7.55. The third-order valence-electron chi connectivity index (χ3n) is 16.1. The maximum atomic E-state index is 4.49. The highest BCUT2D eigenvalue weighted by molar-refractivity contribution is 6.26. The molecule has 0 spiro atoms. The van der Waals surface area contributed by atoms with Crippen LogP contribution in [0.3, 0.4) is 0 Å². The number of hydrogen-bond donors (Lipinski definition) is 0. The molecule has 4 aromatic heterocycles. The van der Waals surface area contributed by atoms with E-state index in [4.69, 9.17) is 0 Å². The van der Waals surface area contributed by atoms with E-state index in [2.05, 4.69) is 270 Å². The molecule has 1 atom stereocenters. The van der Waals surface area contributed by atoms with Gasteiger partial charge in [-0.3, -0.25) is 0 Å². The van der Waals surface area contributed by atoms with Gasteiger partial charge in [-0.2, -0.15) is 0 Å². The fraction of sp³-hybridized carbons (Fsp3) is 0.167. The minimum atomic E-state index is 0.164. The highest BCUT2D eigenvalue weighted by Crippen LogP contribution is 2.43. The number of fused-ring (bicyclic) bond motifs is 9. The number of para-hydroxylation sites is 4. The van der Waals surface area contributed by atoms with Crippen molar-refractivity contribution < 1.29 is 0 Å². The lowest BCUT2D eigenvalue weighted by Gasteiger charge is -2.30. The first-order valence-corrected chi connectivity index (χ1v) is 27.6. The van der Waals surface area contributed by atoms with Crippen molar-refractivity contribution in [1.82, 2.24) is 23.2 Å². The molecular formula is C72H67N5. The Morgan fingerprint density at radius 1 is 0.662 bits per heavy atom. The van der Waals surface area contributed by atoms with Crippen molar-refractivity contribution in [2.24, 2.45) is 5.92 Å². The third-order valence-corrected chi connectivity index (χ3v) is 16.1. The summed E-state index contributed by atoms with van der Waals surface area (Å²) < 4.78 is 10.0. The van der Waals surface area contributed by atoms with Crippen molar-refractivity contribution in [2.75, 3.05) is 13.1 Å². The molecule has 1 aliphatic carbocycles. The summed E-state index contributed by atoms with van der Waals surface area (Å²) in [7, 11) is 0. The maximum Gasteiger partial charge on any atom is 0.0638 e. The van der Waals surface area contributed by atoms with Crippen LogP contribution in [0.1, 0.15) is 68.5 Å². The van der Waals surface area contributed by atoms with Gasteiger partial charge in [-0.1, -0.05) is 191 Å². The zero-order chi connectivity index (χ0) is 52.4. The molecule has 0 fully saturated rings. The number of rotatable bonds is 14. The number of nitrogens with zero attached hydrogens (tertiary/aromatic N) is 5. The van der Waals surface area contributed by atoms with Gasteiger partial charge in [0, 0.05) is 103 Å². The Kier molecular flexibility index (Phi) is 13.7. The van der Waals surface area contributed by atoms with Gasteiger partial charge >= 0.3 is 0 Å². The number of aromatic nitrogens is 4. The van der Waals surface area contributed by atoms with Gasteiger partial charge in [-0.25, -0.2) is 0 Å². The van der Waals surface area contributed by atoms with Crippen LogP contribution in [0.25, 0.3) is 101 Å². The molecule has 0 saturated heterocycles. The van der Waals surface area contributed by atoms with Crippen LogP contribution in [0.2, 0.25) is 0 Å². The summed E-state index contributed by atoms with van der Waals surface area (Å²) in [5.74, 6) is 0.164. The number of hydrogen-bond acceptors (Lipinski definition) is 1. The monoisotopic (exact) mass is 1000 g/mol. The number of benzene rings is 6. The molecule has 5 heteroatoms. The lowest BCUT2D eigenvalue weighted by molar-refractivity contribution is 0.379. The van der Waals surface area contributed by atoms with Crippen LogP contribution in [-0.4, -0.2) is 36.3 Å². The van der Waals surface area contributed by atoms with Crippen LogP contribution in [0, 0.1) is 12.8 Å². The first-order chi connectivity index (χ1) is 38.0. The number of aryl methyl sites for hydroxylation is 1. The van der Waals surface area contributed by atoms with Crippen LogP contribution < -0.4 is 0 Å². The van der Waals surface area contributed by atoms with Crippen LogP contribution in [-0.2, 0) is 6.54 Å². The van der Waals surface area contributed by atoms with E-state index in [9.17, 15) is 0 Å². The molecule has 2 aliphatic rings. The molecule has 0 amide bonds. The van der Waals surface area contributed by atoms with E-state index in [0.29, 0.717) is 0 Å². The summed E-state index contributed by atoms with van der Waals surface area (Å²) in [6.07, 6.45) is 38.5. The fourth-order valence-corrected chi connectivity index (χ4v) is 12.4. The second kappa shape index (κ2) is 21.4. The van der Waals surface area contributed by atoms with Crippen LogP contribution in [0.4, 0.5) is 0 Å². The van der Waals surface area contributed by atoms with E-state index in [1.807, 2.05) is 12.2 Å². The summed E-state index contributed by atoms with van der Waals surface area (Å²) in [6, 6.07) is 49.4. The normalized spacial score (nSPS) is 16.9. The van der Waals surface area contributed by atoms with Crippen molar-refractivity contribution in [3.05, 3.63) is 253 Å². The van der Waals surface area contributed by atoms with E-state index in [1.165, 1.54) is 88.1 Å². The lowest BCUT2D eigenvalue weighted by atomic mass is 9.97. The Morgan fingerprint density at radius 2 is 1.36 bits per heavy atom. The molecule has 0 saturated carbocycles. The Balaban J connectivity index is 0.991. The zero-order valence-corrected chi connectivity index (χ0v) is 44.7. The lowest BCUT2D eigenvalue weighted by Crippen LogP contribution is -2.28. The van der Waals surface area contributed by atoms with Gasteiger partial charge in [0.25, 0.3) is 0 Å². The van der Waals surface area contributed by atoms with Crippen LogP contribution in [0.15, 0.2) is 231 Å². The maximum absolute atomic E-state index is 4.49. The van der Waals surface area contributed by atoms with Gasteiger partial charge < -0.3 is 23.2 Å². The molecule has 5 nitrogen and oxygen atoms in total. The molecule has 10 aromatic rings. The SMILES string of the molecule is C=C/C=C\c1c(C)n(CC/C(=C\C/C=C\CC)N2C/C=C\C=C/C(C)/C(=C/c3c(C=C)c4ccccc4n3-c3cccc(-n4c5ccccc5c5c6c(ccc54)c4ccccc4n6C4=CC=CCC4)c3)C2)c2ccccc12. The van der Waals surface area contributed by atoms with Crippen molar-refractivity contribution >= 4 is 89.3 Å². The van der Waals surface area contributed by atoms with Gasteiger partial charge in [0.15, 0.2) is 0 Å². The number of allylic oxidation sites excluding steroid dienone is 13. The van der Waals surface area contributed by atoms with Gasteiger partial charge in [0.1, 0.15) is 0 Å². The predicted molar refractivity (Wildman–Crippen MR) is 333 cm³/mol. The Hall–Kier alpha value is -8.80. The minimum absolute atomic E-state index is 0.164. The highest BCUT2D eigenvalue weighted by Gasteiger charge is 2.24. The van der Waals surface area contributed by atoms with E-state index < -0.39 is 0 Å². The van der Waals surface area contributed by atoms with Crippen LogP contribution in [0.5, 0.6) is 0 Å². The zero-order valence-electron chi connectivity index (χ0n) is 44.7. The molecule has 1 aliphatic heterocycles. The predicted octanol–water partition coefficient (Wildman–Crippen LogP) is 18.9. The second-order valence-corrected chi connectivity index (χ2v) is 20.6. The fourth-order valence-electron chi connectivity index (χ4n) is 12.4. The van der Waals surface area contributed by atoms with E-state index in [-0.39, 0.29) is 5.92 Å². The first kappa shape index (κ1) is 49.1. The summed E-state index contributed by atoms with van der Waals surface area (Å²) in [5.41, 5.74) is 18.4. The third kappa shape index (κ3) is 8.90. The van der Waals surface area contributed by atoms with E-state index in [1.54, 1.807) is 0 Å². The quantitative estimate of drug-likeness (QED) is 0.0786. The standard InChI is InChI=1S/C72H67N5/c1-6-9-11-15-29-54(45-47-74-52(5)59(34-10-7-2)61-36-18-22-39-65(61)74)73-46-26-13-14-28-51(4)53(50-73)48-70-58(8-3)60-35-19-23-40-66(60)76(70)57-33-27-32-56(49-57)75-68-42-25-21-38-64(68)71-69(75)44-43-63-62-37-20-24-41-67(62)77(72(63)71)55-30-16-12-17-31-55/h7-14,16,18-30,32-44,48-49,51H,2-3,6,15,17,31,45-47,50H2,1,4-5H3/b11-9-,26-13-,28-14-,34-10-,53-48+,54-29+. The van der Waals surface area contributed by atoms with Crippen LogP contribution >= 0.6 is 0 Å². The largest absolute Gasteiger partial charge is 0.367 e. The van der Waals surface area contributed by atoms with Crippen molar-refractivity contribution in [2.45, 2.75) is 59.4 Å². The first-order valence-electron chi connectivity index (χ1n) is 27.6. The summed E-state index contributed by atoms with van der Waals surface area (Å²) >= 11 is 0. The van der Waals surface area contributed by atoms with E-state index in [0.717, 1.165) is 79.9 Å². The van der Waals surface area contributed by atoms with Gasteiger partial charge in [-0.15, -0.1) is 0 Å². The topological polar surface area (TPSA) is 23.0 Å². The second-order valence-electron chi connectivity index (χ2n) is 20.6. The Bertz CT molecular complexity index is 4190. The molecule has 0 N–H and O–H groups in total. The summed E-state index contributed by atoms with van der Waals surface area (Å²) in [4.78, 5) is 2.62. The Morgan fingerprint density at radius 3 is 2.10 bits per heavy atom. The molecule has 6 aromatic carbocycles. The smallest absolute Gasteiger partial charge is 0.0638 e. The molecule has 12 rings (SSSR count). The summed E-state index contributed by atoms with van der Waals surface area (Å²) in [6.45, 7) is 17.7. The van der Waals surface area contributed by atoms with Crippen molar-refractivity contribution in [3.8, 4) is 11.4 Å². The molecule has 77 heavy (non-hydrogen) atoms. The Labute approximate surface area is 453 Å². The molecule has 1 unspecified atom stereocenters. The van der Waals surface area contributed by atoms with Gasteiger partial charge in [-0.05, 0) is 105 Å². The highest BCUT2D eigenvalue weighted by atomic mass is 15.1. The van der Waals surface area contributed by atoms with E-state index >= 15 is 0 Å². The average molecular weight is 1000 g/mol. The molecule has 380 valence electrons. The molecule has 0 radical (unpaired) electrons. The molecular weight excluding hydrogens is 935 g/mol.